The van der Waals surface area contributed by atoms with Gasteiger partial charge in [0.1, 0.15) is 0 Å². The molecule has 0 fully saturated rings. The highest BCUT2D eigenvalue weighted by atomic mass is 32.2. The summed E-state index contributed by atoms with van der Waals surface area (Å²) in [5.74, 6) is 0.702. The molecule has 122 valence electrons. The van der Waals surface area contributed by atoms with Crippen LogP contribution in [0.2, 0.25) is 0 Å². The SMILES string of the molecule is C=CCn1c(SCc2ccc(CO)cc2)nc2ccccc2c1=O. The molecule has 0 radical (unpaired) electrons. The van der Waals surface area contributed by atoms with Crippen LogP contribution >= 0.6 is 11.8 Å². The van der Waals surface area contributed by atoms with Crippen molar-refractivity contribution >= 4 is 22.7 Å². The van der Waals surface area contributed by atoms with Crippen molar-refractivity contribution in [3.8, 4) is 0 Å². The molecule has 0 unspecified atom stereocenters. The van der Waals surface area contributed by atoms with Crippen LogP contribution in [0.5, 0.6) is 0 Å². The van der Waals surface area contributed by atoms with Gasteiger partial charge in [0.15, 0.2) is 5.16 Å². The van der Waals surface area contributed by atoms with Crippen LogP contribution in [-0.2, 0) is 18.9 Å². The fourth-order valence-corrected chi connectivity index (χ4v) is 3.40. The molecule has 4 nitrogen and oxygen atoms in total. The van der Waals surface area contributed by atoms with E-state index in [2.05, 4.69) is 11.6 Å². The van der Waals surface area contributed by atoms with Gasteiger partial charge in [-0.05, 0) is 23.3 Å². The van der Waals surface area contributed by atoms with E-state index in [-0.39, 0.29) is 12.2 Å². The monoisotopic (exact) mass is 338 g/mol. The van der Waals surface area contributed by atoms with Crippen LogP contribution < -0.4 is 5.56 Å². The number of fused-ring (bicyclic) bond motifs is 1. The van der Waals surface area contributed by atoms with Gasteiger partial charge in [0.2, 0.25) is 0 Å². The van der Waals surface area contributed by atoms with E-state index in [1.807, 2.05) is 42.5 Å². The number of nitrogens with zero attached hydrogens (tertiary/aromatic N) is 2. The van der Waals surface area contributed by atoms with E-state index in [4.69, 9.17) is 5.11 Å². The summed E-state index contributed by atoms with van der Waals surface area (Å²) in [6.07, 6.45) is 1.71. The summed E-state index contributed by atoms with van der Waals surface area (Å²) in [6, 6.07) is 15.2. The zero-order valence-electron chi connectivity index (χ0n) is 13.2. The first kappa shape index (κ1) is 16.5. The molecule has 0 atom stereocenters. The molecule has 1 aromatic heterocycles. The average Bonchev–Trinajstić information content (AvgIpc) is 2.63. The Morgan fingerprint density at radius 2 is 1.83 bits per heavy atom. The molecule has 5 heteroatoms. The number of rotatable bonds is 6. The fraction of sp³-hybridized carbons (Fsp3) is 0.158. The summed E-state index contributed by atoms with van der Waals surface area (Å²) in [4.78, 5) is 17.3. The smallest absolute Gasteiger partial charge is 0.262 e. The first-order valence-electron chi connectivity index (χ1n) is 7.65. The van der Waals surface area contributed by atoms with Gasteiger partial charge < -0.3 is 5.11 Å². The zero-order chi connectivity index (χ0) is 16.9. The van der Waals surface area contributed by atoms with Gasteiger partial charge in [-0.25, -0.2) is 4.98 Å². The molecule has 0 aliphatic rings. The molecular weight excluding hydrogens is 320 g/mol. The minimum absolute atomic E-state index is 0.0402. The molecule has 24 heavy (non-hydrogen) atoms. The third kappa shape index (κ3) is 3.42. The number of aliphatic hydroxyl groups is 1. The van der Waals surface area contributed by atoms with Gasteiger partial charge >= 0.3 is 0 Å². The Bertz CT molecular complexity index is 917. The Labute approximate surface area is 144 Å². The standard InChI is InChI=1S/C19H18N2O2S/c1-2-11-21-18(23)16-5-3-4-6-17(16)20-19(21)24-13-15-9-7-14(12-22)8-10-15/h2-10,22H,1,11-13H2. The second-order valence-electron chi connectivity index (χ2n) is 5.38. The van der Waals surface area contributed by atoms with Crippen LogP contribution in [-0.4, -0.2) is 14.7 Å². The van der Waals surface area contributed by atoms with Crippen LogP contribution in [0, 0.1) is 0 Å². The molecule has 0 aliphatic carbocycles. The lowest BCUT2D eigenvalue weighted by Gasteiger charge is -2.11. The van der Waals surface area contributed by atoms with Crippen LogP contribution in [0.15, 0.2) is 71.1 Å². The third-order valence-electron chi connectivity index (χ3n) is 3.71. The first-order chi connectivity index (χ1) is 11.7. The van der Waals surface area contributed by atoms with Gasteiger partial charge in [0.25, 0.3) is 5.56 Å². The molecule has 0 spiro atoms. The fourth-order valence-electron chi connectivity index (χ4n) is 2.44. The number of para-hydroxylation sites is 1. The molecule has 3 rings (SSSR count). The van der Waals surface area contributed by atoms with E-state index >= 15 is 0 Å². The second-order valence-corrected chi connectivity index (χ2v) is 6.32. The summed E-state index contributed by atoms with van der Waals surface area (Å²) in [5, 5.41) is 10.4. The lowest BCUT2D eigenvalue weighted by atomic mass is 10.2. The van der Waals surface area contributed by atoms with Crippen LogP contribution in [0.1, 0.15) is 11.1 Å². The van der Waals surface area contributed by atoms with Gasteiger partial charge in [-0.15, -0.1) is 6.58 Å². The van der Waals surface area contributed by atoms with Crippen LogP contribution in [0.4, 0.5) is 0 Å². The van der Waals surface area contributed by atoms with E-state index in [1.165, 1.54) is 11.8 Å². The maximum absolute atomic E-state index is 12.7. The van der Waals surface area contributed by atoms with Gasteiger partial charge in [-0.2, -0.15) is 0 Å². The lowest BCUT2D eigenvalue weighted by molar-refractivity contribution is 0.282. The number of hydrogen-bond donors (Lipinski definition) is 1. The van der Waals surface area contributed by atoms with Crippen molar-refractivity contribution in [1.82, 2.24) is 9.55 Å². The van der Waals surface area contributed by atoms with Crippen molar-refractivity contribution in [2.24, 2.45) is 0 Å². The zero-order valence-corrected chi connectivity index (χ0v) is 14.0. The topological polar surface area (TPSA) is 55.1 Å². The summed E-state index contributed by atoms with van der Waals surface area (Å²) in [7, 11) is 0. The molecule has 1 N–H and O–H groups in total. The van der Waals surface area contributed by atoms with E-state index in [9.17, 15) is 4.79 Å². The van der Waals surface area contributed by atoms with E-state index in [0.29, 0.717) is 28.4 Å². The second kappa shape index (κ2) is 7.47. The Balaban J connectivity index is 1.93. The van der Waals surface area contributed by atoms with Gasteiger partial charge in [-0.3, -0.25) is 9.36 Å². The van der Waals surface area contributed by atoms with Crippen molar-refractivity contribution in [2.75, 3.05) is 0 Å². The quantitative estimate of drug-likeness (QED) is 0.425. The molecule has 0 aliphatic heterocycles. The van der Waals surface area contributed by atoms with Gasteiger partial charge in [-0.1, -0.05) is 54.2 Å². The molecule has 0 saturated carbocycles. The summed E-state index contributed by atoms with van der Waals surface area (Å²) in [6.45, 7) is 4.21. The Hall–Kier alpha value is -2.37. The van der Waals surface area contributed by atoms with E-state index in [0.717, 1.165) is 11.1 Å². The molecular formula is C19H18N2O2S. The van der Waals surface area contributed by atoms with E-state index < -0.39 is 0 Å². The summed E-state index contributed by atoms with van der Waals surface area (Å²) in [5.41, 5.74) is 2.67. The predicted molar refractivity (Wildman–Crippen MR) is 98.1 cm³/mol. The van der Waals surface area contributed by atoms with Crippen LogP contribution in [0.3, 0.4) is 0 Å². The highest BCUT2D eigenvalue weighted by Crippen LogP contribution is 2.22. The van der Waals surface area contributed by atoms with Gasteiger partial charge in [0.05, 0.1) is 17.5 Å². The van der Waals surface area contributed by atoms with Crippen molar-refractivity contribution in [3.05, 3.63) is 82.7 Å². The first-order valence-corrected chi connectivity index (χ1v) is 8.63. The van der Waals surface area contributed by atoms with E-state index in [1.54, 1.807) is 16.7 Å². The predicted octanol–water partition coefficient (Wildman–Crippen LogP) is 3.37. The number of thioether (sulfide) groups is 1. The number of aliphatic hydroxyl groups excluding tert-OH is 1. The normalized spacial score (nSPS) is 10.9. The Kier molecular flexibility index (Phi) is 5.13. The Morgan fingerprint density at radius 3 is 2.54 bits per heavy atom. The van der Waals surface area contributed by atoms with Crippen molar-refractivity contribution in [3.63, 3.8) is 0 Å². The highest BCUT2D eigenvalue weighted by Gasteiger charge is 2.10. The lowest BCUT2D eigenvalue weighted by Crippen LogP contribution is -2.22. The van der Waals surface area contributed by atoms with Gasteiger partial charge in [0, 0.05) is 12.3 Å². The molecule has 2 aromatic carbocycles. The number of aromatic nitrogens is 2. The molecule has 0 saturated heterocycles. The highest BCUT2D eigenvalue weighted by molar-refractivity contribution is 7.98. The minimum atomic E-state index is -0.0429. The minimum Gasteiger partial charge on any atom is -0.392 e. The van der Waals surface area contributed by atoms with Crippen molar-refractivity contribution in [1.29, 1.82) is 0 Å². The van der Waals surface area contributed by atoms with Crippen molar-refractivity contribution in [2.45, 2.75) is 24.1 Å². The molecule has 1 heterocycles. The largest absolute Gasteiger partial charge is 0.392 e. The number of hydrogen-bond acceptors (Lipinski definition) is 4. The molecule has 0 amide bonds. The maximum atomic E-state index is 12.7. The van der Waals surface area contributed by atoms with Crippen molar-refractivity contribution < 1.29 is 5.11 Å². The number of benzene rings is 2. The molecule has 3 aromatic rings. The molecule has 0 bridgehead atoms. The summed E-state index contributed by atoms with van der Waals surface area (Å²) < 4.78 is 1.65. The maximum Gasteiger partial charge on any atom is 0.262 e. The summed E-state index contributed by atoms with van der Waals surface area (Å²) >= 11 is 1.52. The average molecular weight is 338 g/mol. The Morgan fingerprint density at radius 1 is 1.12 bits per heavy atom. The van der Waals surface area contributed by atoms with Crippen LogP contribution in [0.25, 0.3) is 10.9 Å². The number of allylic oxidation sites excluding steroid dienone is 1. The third-order valence-corrected chi connectivity index (χ3v) is 4.76.